The number of rotatable bonds is 2. The zero-order chi connectivity index (χ0) is 27.6. The Bertz CT molecular complexity index is 1170. The third-order valence-corrected chi connectivity index (χ3v) is 7.90. The standard InChI is InChI=1S/C18H24FNO3.C13H16FNO.CH4.ClH/c1-18(2,3)23-17(21)20-9-4-5-15(20)16-14-7-6-13(19)11-12(14)8-10-22-16;14-10-3-4-11-9(8-10)5-7-16-13(11)12-2-1-6-15-12;;/h6-7,11,15-16H,4-5,8-10H2,1-3H3;3-4,8,12-13,15H,1-2,5-7H2;1H4;1H/t15-,16?;12-,13?;;/m00../s1. The number of likely N-dealkylation sites (tertiary alicyclic amines) is 1. The number of fused-ring (bicyclic) bond motifs is 2. The van der Waals surface area contributed by atoms with Crippen LogP contribution in [0.4, 0.5) is 13.6 Å². The van der Waals surface area contributed by atoms with Crippen molar-refractivity contribution in [2.45, 2.75) is 96.6 Å². The first kappa shape index (κ1) is 33.2. The third-order valence-electron chi connectivity index (χ3n) is 7.90. The van der Waals surface area contributed by atoms with Gasteiger partial charge < -0.3 is 24.4 Å². The summed E-state index contributed by atoms with van der Waals surface area (Å²) in [6.45, 7) is 8.61. The Labute approximate surface area is 249 Å². The molecular weight excluding hydrogens is 550 g/mol. The van der Waals surface area contributed by atoms with Gasteiger partial charge in [-0.1, -0.05) is 19.6 Å². The highest BCUT2D eigenvalue weighted by molar-refractivity contribution is 5.85. The molecule has 2 aromatic carbocycles. The maximum atomic E-state index is 13.5. The smallest absolute Gasteiger partial charge is 0.410 e. The van der Waals surface area contributed by atoms with Gasteiger partial charge in [0.25, 0.3) is 0 Å². The van der Waals surface area contributed by atoms with E-state index in [0.29, 0.717) is 32.2 Å². The Kier molecular flexibility index (Phi) is 11.6. The summed E-state index contributed by atoms with van der Waals surface area (Å²) in [5.74, 6) is -0.362. The van der Waals surface area contributed by atoms with E-state index in [1.165, 1.54) is 24.1 Å². The van der Waals surface area contributed by atoms with E-state index in [4.69, 9.17) is 14.2 Å². The molecule has 1 amide bonds. The second kappa shape index (κ2) is 14.3. The Morgan fingerprint density at radius 3 is 2.07 bits per heavy atom. The first-order chi connectivity index (χ1) is 18.7. The van der Waals surface area contributed by atoms with Gasteiger partial charge in [-0.25, -0.2) is 13.6 Å². The van der Waals surface area contributed by atoms with Gasteiger partial charge >= 0.3 is 6.09 Å². The highest BCUT2D eigenvalue weighted by atomic mass is 35.5. The first-order valence-electron chi connectivity index (χ1n) is 14.2. The topological polar surface area (TPSA) is 60.0 Å². The van der Waals surface area contributed by atoms with E-state index in [2.05, 4.69) is 5.32 Å². The monoisotopic (exact) mass is 594 g/mol. The van der Waals surface area contributed by atoms with E-state index in [1.807, 2.05) is 26.8 Å². The van der Waals surface area contributed by atoms with Crippen molar-refractivity contribution in [1.29, 1.82) is 0 Å². The summed E-state index contributed by atoms with van der Waals surface area (Å²) in [4.78, 5) is 14.2. The van der Waals surface area contributed by atoms with Gasteiger partial charge in [0.2, 0.25) is 0 Å². The molecule has 4 aliphatic rings. The number of benzene rings is 2. The van der Waals surface area contributed by atoms with Crippen LogP contribution in [0.15, 0.2) is 36.4 Å². The molecule has 0 spiro atoms. The fourth-order valence-electron chi connectivity index (χ4n) is 6.18. The molecule has 2 aromatic rings. The molecule has 4 heterocycles. The van der Waals surface area contributed by atoms with Gasteiger partial charge in [0.15, 0.2) is 0 Å². The van der Waals surface area contributed by atoms with Crippen LogP contribution in [-0.2, 0) is 27.1 Å². The number of halogens is 3. The van der Waals surface area contributed by atoms with Crippen LogP contribution in [0.25, 0.3) is 0 Å². The lowest BCUT2D eigenvalue weighted by Crippen LogP contribution is -2.43. The molecule has 2 fully saturated rings. The van der Waals surface area contributed by atoms with Crippen molar-refractivity contribution in [1.82, 2.24) is 10.2 Å². The Morgan fingerprint density at radius 1 is 0.927 bits per heavy atom. The van der Waals surface area contributed by atoms with Gasteiger partial charge in [-0.2, -0.15) is 0 Å². The molecule has 0 aromatic heterocycles. The summed E-state index contributed by atoms with van der Waals surface area (Å²) >= 11 is 0. The molecule has 4 aliphatic heterocycles. The van der Waals surface area contributed by atoms with Crippen molar-refractivity contribution in [2.75, 3.05) is 26.3 Å². The van der Waals surface area contributed by atoms with Gasteiger partial charge in [-0.05, 0) is 112 Å². The minimum Gasteiger partial charge on any atom is -0.444 e. The highest BCUT2D eigenvalue weighted by Crippen LogP contribution is 2.37. The number of amides is 1. The van der Waals surface area contributed by atoms with Crippen LogP contribution in [0.2, 0.25) is 0 Å². The van der Waals surface area contributed by atoms with Crippen LogP contribution in [0.3, 0.4) is 0 Å². The lowest BCUT2D eigenvalue weighted by molar-refractivity contribution is -0.0266. The largest absolute Gasteiger partial charge is 0.444 e. The van der Waals surface area contributed by atoms with E-state index >= 15 is 0 Å². The zero-order valence-corrected chi connectivity index (χ0v) is 24.4. The fraction of sp³-hybridized carbons (Fsp3) is 0.594. The Balaban J connectivity index is 0.000000227. The molecule has 9 heteroatoms. The van der Waals surface area contributed by atoms with Crippen molar-refractivity contribution in [3.05, 3.63) is 70.3 Å². The summed E-state index contributed by atoms with van der Waals surface area (Å²) in [6.07, 6.45) is 5.34. The van der Waals surface area contributed by atoms with Crippen molar-refractivity contribution in [2.24, 2.45) is 0 Å². The molecule has 0 aliphatic carbocycles. The molecular formula is C32H45ClF2N2O4. The van der Waals surface area contributed by atoms with Crippen LogP contribution in [0, 0.1) is 11.6 Å². The van der Waals surface area contributed by atoms with Crippen molar-refractivity contribution < 1.29 is 27.8 Å². The number of nitrogens with one attached hydrogen (secondary N) is 1. The van der Waals surface area contributed by atoms with Crippen LogP contribution >= 0.6 is 12.4 Å². The van der Waals surface area contributed by atoms with E-state index in [1.54, 1.807) is 23.1 Å². The molecule has 2 saturated heterocycles. The lowest BCUT2D eigenvalue weighted by atomic mass is 9.92. The molecule has 6 rings (SSSR count). The number of carbonyl (C=O) groups is 1. The van der Waals surface area contributed by atoms with Crippen LogP contribution < -0.4 is 5.32 Å². The molecule has 1 N–H and O–H groups in total. The molecule has 0 radical (unpaired) electrons. The van der Waals surface area contributed by atoms with Crippen LogP contribution in [0.5, 0.6) is 0 Å². The van der Waals surface area contributed by atoms with E-state index in [0.717, 1.165) is 48.9 Å². The normalized spacial score (nSPS) is 25.0. The highest BCUT2D eigenvalue weighted by Gasteiger charge is 2.40. The van der Waals surface area contributed by atoms with Gasteiger partial charge in [-0.3, -0.25) is 0 Å². The van der Waals surface area contributed by atoms with Crippen molar-refractivity contribution in [3.8, 4) is 0 Å². The summed E-state index contributed by atoms with van der Waals surface area (Å²) in [5, 5.41) is 3.46. The summed E-state index contributed by atoms with van der Waals surface area (Å²) in [7, 11) is 0. The molecule has 0 saturated carbocycles. The maximum Gasteiger partial charge on any atom is 0.410 e. The van der Waals surface area contributed by atoms with Crippen LogP contribution in [-0.4, -0.2) is 55.0 Å². The third kappa shape index (κ3) is 7.98. The average Bonchev–Trinajstić information content (AvgIpc) is 3.60. The minimum atomic E-state index is -0.515. The molecule has 6 nitrogen and oxygen atoms in total. The minimum absolute atomic E-state index is 0. The summed E-state index contributed by atoms with van der Waals surface area (Å²) in [6, 6.07) is 10.3. The first-order valence-corrected chi connectivity index (χ1v) is 14.2. The van der Waals surface area contributed by atoms with E-state index < -0.39 is 5.60 Å². The summed E-state index contributed by atoms with van der Waals surface area (Å²) in [5.41, 5.74) is 3.76. The quantitative estimate of drug-likeness (QED) is 0.402. The van der Waals surface area contributed by atoms with Gasteiger partial charge in [-0.15, -0.1) is 12.4 Å². The number of nitrogens with zero attached hydrogens (tertiary/aromatic N) is 1. The van der Waals surface area contributed by atoms with Gasteiger partial charge in [0.1, 0.15) is 23.3 Å². The van der Waals surface area contributed by atoms with Gasteiger partial charge in [0, 0.05) is 12.6 Å². The van der Waals surface area contributed by atoms with Gasteiger partial charge in [0.05, 0.1) is 25.4 Å². The average molecular weight is 595 g/mol. The summed E-state index contributed by atoms with van der Waals surface area (Å²) < 4.78 is 43.9. The molecule has 4 atom stereocenters. The maximum absolute atomic E-state index is 13.5. The SMILES string of the molecule is C.CC(C)(C)OC(=O)N1CCC[C@H]1C1OCCc2cc(F)ccc21.Cl.Fc1ccc2c(c1)CCOC2[C@@H]1CCCN1. The molecule has 228 valence electrons. The van der Waals surface area contributed by atoms with Crippen molar-refractivity contribution in [3.63, 3.8) is 0 Å². The molecule has 2 unspecified atom stereocenters. The van der Waals surface area contributed by atoms with Crippen LogP contribution in [0.1, 0.15) is 88.3 Å². The van der Waals surface area contributed by atoms with Crippen molar-refractivity contribution >= 4 is 18.5 Å². The fourth-order valence-corrected chi connectivity index (χ4v) is 6.18. The number of hydrogen-bond donors (Lipinski definition) is 1. The number of ether oxygens (including phenoxy) is 3. The number of hydrogen-bond acceptors (Lipinski definition) is 5. The Hall–Kier alpha value is -2.26. The Morgan fingerprint density at radius 2 is 1.51 bits per heavy atom. The number of carbonyl (C=O) groups excluding carboxylic acids is 1. The zero-order valence-electron chi connectivity index (χ0n) is 23.6. The predicted molar refractivity (Wildman–Crippen MR) is 159 cm³/mol. The predicted octanol–water partition coefficient (Wildman–Crippen LogP) is 7.09. The lowest BCUT2D eigenvalue weighted by Gasteiger charge is -2.36. The second-order valence-corrected chi connectivity index (χ2v) is 11.9. The second-order valence-electron chi connectivity index (χ2n) is 11.9. The molecule has 0 bridgehead atoms. The molecule has 41 heavy (non-hydrogen) atoms. The van der Waals surface area contributed by atoms with E-state index in [9.17, 15) is 13.6 Å². The van der Waals surface area contributed by atoms with E-state index in [-0.39, 0.29) is 55.8 Å².